The molecule has 1 aromatic carbocycles. The molecule has 0 saturated carbocycles. The van der Waals surface area contributed by atoms with Gasteiger partial charge in [0.15, 0.2) is 0 Å². The van der Waals surface area contributed by atoms with Gasteiger partial charge in [0.25, 0.3) is 0 Å². The molecule has 2 atom stereocenters. The molecule has 7 heteroatoms. The first-order valence-corrected chi connectivity index (χ1v) is 9.73. The van der Waals surface area contributed by atoms with Crippen LogP contribution in [0.1, 0.15) is 25.7 Å². The van der Waals surface area contributed by atoms with Crippen molar-refractivity contribution in [1.82, 2.24) is 4.90 Å². The molecule has 2 saturated heterocycles. The summed E-state index contributed by atoms with van der Waals surface area (Å²) < 4.78 is 10.7. The van der Waals surface area contributed by atoms with E-state index in [9.17, 15) is 4.79 Å². The van der Waals surface area contributed by atoms with Gasteiger partial charge >= 0.3 is 6.03 Å². The van der Waals surface area contributed by atoms with Gasteiger partial charge in [0.05, 0.1) is 13.7 Å². The minimum absolute atomic E-state index is 0.130. The van der Waals surface area contributed by atoms with Crippen LogP contribution in [0.2, 0.25) is 0 Å². The third-order valence-electron chi connectivity index (χ3n) is 5.27. The quantitative estimate of drug-likeness (QED) is 0.611. The van der Waals surface area contributed by atoms with E-state index in [1.54, 1.807) is 31.4 Å². The number of ether oxygens (including phenoxy) is 2. The minimum Gasteiger partial charge on any atom is -0.497 e. The predicted octanol–water partition coefficient (Wildman–Crippen LogP) is 2.72. The van der Waals surface area contributed by atoms with Crippen molar-refractivity contribution in [3.8, 4) is 5.75 Å². The van der Waals surface area contributed by atoms with Crippen molar-refractivity contribution in [3.63, 3.8) is 0 Å². The summed E-state index contributed by atoms with van der Waals surface area (Å²) in [7, 11) is 1.60. The van der Waals surface area contributed by atoms with Crippen molar-refractivity contribution >= 4 is 17.6 Å². The third kappa shape index (κ3) is 5.94. The molecule has 0 spiro atoms. The molecule has 0 bridgehead atoms. The number of likely N-dealkylation sites (tertiary alicyclic amines) is 1. The first-order chi connectivity index (χ1) is 13.1. The molecule has 2 aliphatic rings. The molecule has 2 amide bonds. The van der Waals surface area contributed by atoms with Crippen LogP contribution < -0.4 is 15.8 Å². The van der Waals surface area contributed by atoms with Gasteiger partial charge in [0.2, 0.25) is 0 Å². The number of carbonyl (C=O) groups is 1. The Bertz CT molecular complexity index is 641. The van der Waals surface area contributed by atoms with E-state index in [-0.39, 0.29) is 5.92 Å². The molecule has 2 unspecified atom stereocenters. The summed E-state index contributed by atoms with van der Waals surface area (Å²) in [6.45, 7) is 4.73. The topological polar surface area (TPSA) is 89.2 Å². The number of benzene rings is 1. The van der Waals surface area contributed by atoms with Crippen LogP contribution in [-0.2, 0) is 4.74 Å². The van der Waals surface area contributed by atoms with E-state index in [4.69, 9.17) is 15.2 Å². The largest absolute Gasteiger partial charge is 0.497 e. The second-order valence-electron chi connectivity index (χ2n) is 7.38. The molecule has 148 valence electrons. The maximum atomic E-state index is 12.2. The molecule has 3 rings (SSSR count). The van der Waals surface area contributed by atoms with Crippen LogP contribution in [0.5, 0.6) is 5.75 Å². The van der Waals surface area contributed by atoms with E-state index in [1.165, 1.54) is 6.42 Å². The Morgan fingerprint density at radius 2 is 2.15 bits per heavy atom. The summed E-state index contributed by atoms with van der Waals surface area (Å²) in [5.41, 5.74) is 6.83. The van der Waals surface area contributed by atoms with Gasteiger partial charge in [-0.25, -0.2) is 4.79 Å². The molecule has 0 aliphatic carbocycles. The van der Waals surface area contributed by atoms with Crippen LogP contribution >= 0.6 is 0 Å². The summed E-state index contributed by atoms with van der Waals surface area (Å²) in [6.07, 6.45) is 4.43. The standard InChI is InChI=1S/C20H30N4O3/c1-26-18-8-6-17(7-9-18)22-20(25)23-19(21)16-5-2-10-24(13-16)12-15-4-3-11-27-14-15/h6-9,15-16H,2-5,10-14H2,1H3,(H3,21,22,23,25). The summed E-state index contributed by atoms with van der Waals surface area (Å²) in [5, 5.41) is 2.75. The lowest BCUT2D eigenvalue weighted by atomic mass is 9.94. The number of urea groups is 1. The van der Waals surface area contributed by atoms with E-state index in [2.05, 4.69) is 15.2 Å². The average molecular weight is 374 g/mol. The number of nitrogens with zero attached hydrogens (tertiary/aromatic N) is 2. The fourth-order valence-electron chi connectivity index (χ4n) is 3.81. The maximum Gasteiger partial charge on any atom is 0.347 e. The van der Waals surface area contributed by atoms with Gasteiger partial charge in [-0.1, -0.05) is 0 Å². The number of aliphatic imine (C=N–C) groups is 1. The highest BCUT2D eigenvalue weighted by Gasteiger charge is 2.26. The van der Waals surface area contributed by atoms with E-state index < -0.39 is 6.03 Å². The smallest absolute Gasteiger partial charge is 0.347 e. The van der Waals surface area contributed by atoms with E-state index in [0.717, 1.165) is 57.9 Å². The third-order valence-corrected chi connectivity index (χ3v) is 5.27. The predicted molar refractivity (Wildman–Crippen MR) is 106 cm³/mol. The summed E-state index contributed by atoms with van der Waals surface area (Å²) in [6, 6.07) is 6.69. The number of nitrogens with two attached hydrogens (primary N) is 1. The van der Waals surface area contributed by atoms with Crippen LogP contribution in [0.15, 0.2) is 29.3 Å². The molecule has 2 fully saturated rings. The number of anilines is 1. The normalized spacial score (nSPS) is 24.4. The van der Waals surface area contributed by atoms with Crippen LogP contribution in [0.25, 0.3) is 0 Å². The zero-order valence-corrected chi connectivity index (χ0v) is 16.0. The zero-order chi connectivity index (χ0) is 19.1. The highest BCUT2D eigenvalue weighted by atomic mass is 16.5. The highest BCUT2D eigenvalue weighted by molar-refractivity contribution is 6.00. The molecule has 3 N–H and O–H groups in total. The first kappa shape index (κ1) is 19.6. The molecule has 0 radical (unpaired) electrons. The van der Waals surface area contributed by atoms with E-state index in [0.29, 0.717) is 17.4 Å². The lowest BCUT2D eigenvalue weighted by Gasteiger charge is -2.35. The molecule has 27 heavy (non-hydrogen) atoms. The Balaban J connectivity index is 1.51. The van der Waals surface area contributed by atoms with E-state index >= 15 is 0 Å². The maximum absolute atomic E-state index is 12.2. The zero-order valence-electron chi connectivity index (χ0n) is 16.0. The highest BCUT2D eigenvalue weighted by Crippen LogP contribution is 2.21. The van der Waals surface area contributed by atoms with Crippen molar-refractivity contribution in [3.05, 3.63) is 24.3 Å². The Morgan fingerprint density at radius 3 is 2.85 bits per heavy atom. The summed E-state index contributed by atoms with van der Waals surface area (Å²) in [5.74, 6) is 1.89. The molecule has 2 heterocycles. The van der Waals surface area contributed by atoms with Gasteiger partial charge in [0.1, 0.15) is 11.6 Å². The van der Waals surface area contributed by atoms with Crippen molar-refractivity contribution in [2.45, 2.75) is 25.7 Å². The van der Waals surface area contributed by atoms with Gasteiger partial charge in [-0.2, -0.15) is 4.99 Å². The molecular weight excluding hydrogens is 344 g/mol. The number of rotatable bonds is 5. The Hall–Kier alpha value is -2.12. The van der Waals surface area contributed by atoms with Crippen LogP contribution in [-0.4, -0.2) is 56.7 Å². The molecule has 7 nitrogen and oxygen atoms in total. The van der Waals surface area contributed by atoms with Gasteiger partial charge in [0, 0.05) is 31.3 Å². The first-order valence-electron chi connectivity index (χ1n) is 9.73. The summed E-state index contributed by atoms with van der Waals surface area (Å²) >= 11 is 0. The Kier molecular flexibility index (Phi) is 7.06. The summed E-state index contributed by atoms with van der Waals surface area (Å²) in [4.78, 5) is 18.7. The number of carbonyl (C=O) groups excluding carboxylic acids is 1. The minimum atomic E-state index is -0.435. The number of hydrogen-bond acceptors (Lipinski definition) is 4. The Morgan fingerprint density at radius 1 is 1.33 bits per heavy atom. The van der Waals surface area contributed by atoms with Gasteiger partial charge < -0.3 is 25.4 Å². The number of amides is 2. The second-order valence-corrected chi connectivity index (χ2v) is 7.38. The van der Waals surface area contributed by atoms with Crippen molar-refractivity contribution in [2.24, 2.45) is 22.6 Å². The number of piperidine rings is 1. The second kappa shape index (κ2) is 9.71. The van der Waals surface area contributed by atoms with Gasteiger partial charge in [-0.15, -0.1) is 0 Å². The molecular formula is C20H30N4O3. The van der Waals surface area contributed by atoms with Crippen molar-refractivity contribution in [2.75, 3.05) is 45.3 Å². The van der Waals surface area contributed by atoms with Gasteiger partial charge in [-0.3, -0.25) is 0 Å². The molecule has 0 aromatic heterocycles. The van der Waals surface area contributed by atoms with Crippen LogP contribution in [0.3, 0.4) is 0 Å². The van der Waals surface area contributed by atoms with Crippen LogP contribution in [0, 0.1) is 11.8 Å². The SMILES string of the molecule is COc1ccc(NC(=O)/N=C(\N)C2CCCN(CC3CCCOC3)C2)cc1. The molecule has 1 aromatic rings. The Labute approximate surface area is 160 Å². The van der Waals surface area contributed by atoms with Crippen LogP contribution in [0.4, 0.5) is 10.5 Å². The average Bonchev–Trinajstić information content (AvgIpc) is 2.69. The fraction of sp³-hybridized carbons (Fsp3) is 0.600. The number of methoxy groups -OCH3 is 1. The lowest BCUT2D eigenvalue weighted by Crippen LogP contribution is -2.44. The number of nitrogens with one attached hydrogen (secondary N) is 1. The van der Waals surface area contributed by atoms with Gasteiger partial charge in [-0.05, 0) is 62.4 Å². The molecule has 2 aliphatic heterocycles. The monoisotopic (exact) mass is 374 g/mol. The van der Waals surface area contributed by atoms with Crippen molar-refractivity contribution < 1.29 is 14.3 Å². The van der Waals surface area contributed by atoms with E-state index in [1.807, 2.05) is 0 Å². The lowest BCUT2D eigenvalue weighted by molar-refractivity contribution is 0.0337. The number of amidine groups is 1. The number of hydrogen-bond donors (Lipinski definition) is 2. The van der Waals surface area contributed by atoms with Crippen molar-refractivity contribution in [1.29, 1.82) is 0 Å². The fourth-order valence-corrected chi connectivity index (χ4v) is 3.81.